The first-order valence-corrected chi connectivity index (χ1v) is 4.71. The molecule has 0 atom stereocenters. The lowest BCUT2D eigenvalue weighted by atomic mass is 10.1. The topological polar surface area (TPSA) is 45.8 Å². The monoisotopic (exact) mass is 196 g/mol. The zero-order valence-corrected chi connectivity index (χ0v) is 7.90. The van der Waals surface area contributed by atoms with Gasteiger partial charge in [-0.2, -0.15) is 0 Å². The number of aromatic nitrogens is 2. The number of nitrogens with zero attached hydrogens (tertiary/aromatic N) is 1. The lowest BCUT2D eigenvalue weighted by Crippen LogP contribution is -2.01. The van der Waals surface area contributed by atoms with Crippen molar-refractivity contribution < 1.29 is 0 Å². The number of hydrogen-bond donors (Lipinski definition) is 1. The van der Waals surface area contributed by atoms with Crippen LogP contribution in [0.5, 0.6) is 0 Å². The van der Waals surface area contributed by atoms with Crippen molar-refractivity contribution in [2.45, 2.75) is 0 Å². The van der Waals surface area contributed by atoms with Gasteiger partial charge in [0.15, 0.2) is 5.43 Å². The highest BCUT2D eigenvalue weighted by atomic mass is 16.1. The van der Waals surface area contributed by atoms with Crippen molar-refractivity contribution in [1.29, 1.82) is 0 Å². The molecule has 3 nitrogen and oxygen atoms in total. The summed E-state index contributed by atoms with van der Waals surface area (Å²) in [5.41, 5.74) is 0.647. The smallest absolute Gasteiger partial charge is 0.191 e. The molecule has 3 heteroatoms. The Kier molecular flexibility index (Phi) is 1.59. The molecule has 0 saturated carbocycles. The van der Waals surface area contributed by atoms with Gasteiger partial charge in [-0.1, -0.05) is 24.3 Å². The molecule has 0 saturated heterocycles. The predicted octanol–water partition coefficient (Wildman–Crippen LogP) is 2.08. The number of rotatable bonds is 0. The molecule has 0 aliphatic carbocycles. The van der Waals surface area contributed by atoms with Gasteiger partial charge in [-0.15, -0.1) is 0 Å². The number of hydrogen-bond acceptors (Lipinski definition) is 2. The Morgan fingerprint density at radius 2 is 2.00 bits per heavy atom. The molecule has 1 N–H and O–H groups in total. The summed E-state index contributed by atoms with van der Waals surface area (Å²) < 4.78 is 0. The fraction of sp³-hybridized carbons (Fsp3) is 0. The highest BCUT2D eigenvalue weighted by molar-refractivity contribution is 6.03. The van der Waals surface area contributed by atoms with Gasteiger partial charge in [0.2, 0.25) is 0 Å². The van der Waals surface area contributed by atoms with Gasteiger partial charge in [-0.3, -0.25) is 4.79 Å². The maximum absolute atomic E-state index is 11.7. The van der Waals surface area contributed by atoms with E-state index in [9.17, 15) is 4.79 Å². The average molecular weight is 196 g/mol. The maximum atomic E-state index is 11.7. The molecular weight excluding hydrogens is 188 g/mol. The first-order valence-electron chi connectivity index (χ1n) is 4.71. The van der Waals surface area contributed by atoms with Crippen LogP contribution in [0.4, 0.5) is 0 Å². The summed E-state index contributed by atoms with van der Waals surface area (Å²) in [6, 6.07) is 9.28. The van der Waals surface area contributed by atoms with E-state index in [1.807, 2.05) is 24.3 Å². The van der Waals surface area contributed by atoms with Crippen LogP contribution >= 0.6 is 0 Å². The summed E-state index contributed by atoms with van der Waals surface area (Å²) in [6.07, 6.45) is 3.39. The van der Waals surface area contributed by atoms with Crippen LogP contribution in [0.15, 0.2) is 47.5 Å². The molecule has 3 rings (SSSR count). The third-order valence-electron chi connectivity index (χ3n) is 2.50. The van der Waals surface area contributed by atoms with Gasteiger partial charge in [-0.05, 0) is 5.39 Å². The van der Waals surface area contributed by atoms with E-state index in [1.54, 1.807) is 12.4 Å². The van der Waals surface area contributed by atoms with E-state index in [4.69, 9.17) is 0 Å². The quantitative estimate of drug-likeness (QED) is 0.559. The van der Waals surface area contributed by atoms with Gasteiger partial charge in [0, 0.05) is 23.8 Å². The number of benzene rings is 1. The van der Waals surface area contributed by atoms with E-state index >= 15 is 0 Å². The minimum absolute atomic E-state index is 0.00745. The Labute approximate surface area is 85.4 Å². The molecule has 0 radical (unpaired) electrons. The number of H-pyrrole nitrogens is 1. The van der Waals surface area contributed by atoms with Gasteiger partial charge in [0.05, 0.1) is 5.39 Å². The minimum atomic E-state index is 0.00745. The molecule has 0 aliphatic rings. The van der Waals surface area contributed by atoms with Crippen LogP contribution in [0, 0.1) is 0 Å². The summed E-state index contributed by atoms with van der Waals surface area (Å²) in [7, 11) is 0. The molecular formula is C12H8N2O. The van der Waals surface area contributed by atoms with E-state index < -0.39 is 0 Å². The number of aromatic amines is 1. The fourth-order valence-electron chi connectivity index (χ4n) is 1.80. The Balaban J connectivity index is 2.70. The van der Waals surface area contributed by atoms with Crippen LogP contribution in [0.3, 0.4) is 0 Å². The minimum Gasteiger partial charge on any atom is -0.346 e. The molecule has 0 spiro atoms. The van der Waals surface area contributed by atoms with E-state index in [1.165, 1.54) is 6.07 Å². The number of nitrogens with one attached hydrogen (secondary N) is 1. The summed E-state index contributed by atoms with van der Waals surface area (Å²) in [6.45, 7) is 0. The van der Waals surface area contributed by atoms with Crippen LogP contribution in [0.2, 0.25) is 0 Å². The first-order chi connectivity index (χ1) is 7.36. The molecule has 0 aliphatic heterocycles. The van der Waals surface area contributed by atoms with E-state index in [-0.39, 0.29) is 5.43 Å². The standard InChI is InChI=1S/C12H8N2O/c15-10-5-6-13-12-11(10)9-4-2-1-3-8(9)7-14-12/h1-7H,(H,13,14,15). The van der Waals surface area contributed by atoms with Crippen LogP contribution in [0.25, 0.3) is 21.8 Å². The SMILES string of the molecule is O=c1cc[nH]c2ncc3ccccc3c12. The maximum Gasteiger partial charge on any atom is 0.191 e. The second-order valence-electron chi connectivity index (χ2n) is 3.41. The van der Waals surface area contributed by atoms with Crippen molar-refractivity contribution >= 4 is 21.8 Å². The zero-order chi connectivity index (χ0) is 10.3. The van der Waals surface area contributed by atoms with Crippen molar-refractivity contribution in [2.24, 2.45) is 0 Å². The second-order valence-corrected chi connectivity index (χ2v) is 3.41. The Bertz CT molecular complexity index is 700. The molecule has 0 amide bonds. The Morgan fingerprint density at radius 3 is 2.93 bits per heavy atom. The molecule has 0 unspecified atom stereocenters. The van der Waals surface area contributed by atoms with Crippen LogP contribution < -0.4 is 5.43 Å². The first kappa shape index (κ1) is 8.17. The molecule has 3 aromatic rings. The van der Waals surface area contributed by atoms with Crippen molar-refractivity contribution in [3.8, 4) is 0 Å². The van der Waals surface area contributed by atoms with Crippen molar-refractivity contribution in [2.75, 3.05) is 0 Å². The molecule has 72 valence electrons. The fourth-order valence-corrected chi connectivity index (χ4v) is 1.80. The second kappa shape index (κ2) is 2.92. The Morgan fingerprint density at radius 1 is 1.13 bits per heavy atom. The van der Waals surface area contributed by atoms with E-state index in [0.717, 1.165) is 10.8 Å². The normalized spacial score (nSPS) is 10.9. The van der Waals surface area contributed by atoms with Gasteiger partial charge in [-0.25, -0.2) is 4.98 Å². The predicted molar refractivity (Wildman–Crippen MR) is 59.9 cm³/mol. The zero-order valence-electron chi connectivity index (χ0n) is 7.90. The number of pyridine rings is 2. The third kappa shape index (κ3) is 1.13. The summed E-state index contributed by atoms with van der Waals surface area (Å²) >= 11 is 0. The largest absolute Gasteiger partial charge is 0.346 e. The van der Waals surface area contributed by atoms with Crippen LogP contribution in [0.1, 0.15) is 0 Å². The van der Waals surface area contributed by atoms with Gasteiger partial charge >= 0.3 is 0 Å². The van der Waals surface area contributed by atoms with Crippen LogP contribution in [-0.2, 0) is 0 Å². The lowest BCUT2D eigenvalue weighted by molar-refractivity contribution is 1.29. The molecule has 2 heterocycles. The van der Waals surface area contributed by atoms with Crippen molar-refractivity contribution in [3.05, 3.63) is 52.9 Å². The van der Waals surface area contributed by atoms with Gasteiger partial charge in [0.25, 0.3) is 0 Å². The van der Waals surface area contributed by atoms with Crippen LogP contribution in [-0.4, -0.2) is 9.97 Å². The Hall–Kier alpha value is -2.16. The molecule has 0 bridgehead atoms. The molecule has 15 heavy (non-hydrogen) atoms. The van der Waals surface area contributed by atoms with Crippen molar-refractivity contribution in [3.63, 3.8) is 0 Å². The number of fused-ring (bicyclic) bond motifs is 3. The summed E-state index contributed by atoms with van der Waals surface area (Å²) in [5.74, 6) is 0. The highest BCUT2D eigenvalue weighted by Gasteiger charge is 2.03. The highest BCUT2D eigenvalue weighted by Crippen LogP contribution is 2.18. The van der Waals surface area contributed by atoms with Gasteiger partial charge < -0.3 is 4.98 Å². The molecule has 1 aromatic carbocycles. The summed E-state index contributed by atoms with van der Waals surface area (Å²) in [5, 5.41) is 2.60. The average Bonchev–Trinajstić information content (AvgIpc) is 2.29. The van der Waals surface area contributed by atoms with Crippen molar-refractivity contribution in [1.82, 2.24) is 9.97 Å². The molecule has 0 fully saturated rings. The molecule has 2 aromatic heterocycles. The van der Waals surface area contributed by atoms with E-state index in [0.29, 0.717) is 11.0 Å². The van der Waals surface area contributed by atoms with E-state index in [2.05, 4.69) is 9.97 Å². The third-order valence-corrected chi connectivity index (χ3v) is 2.50. The lowest BCUT2D eigenvalue weighted by Gasteiger charge is -2.00. The van der Waals surface area contributed by atoms with Gasteiger partial charge in [0.1, 0.15) is 5.65 Å². The summed E-state index contributed by atoms with van der Waals surface area (Å²) in [4.78, 5) is 18.9.